The van der Waals surface area contributed by atoms with Crippen LogP contribution in [0.4, 0.5) is 0 Å². The molecule has 8 heteroatoms. The van der Waals surface area contributed by atoms with Crippen LogP contribution in [0.15, 0.2) is 30.3 Å². The number of hydrogen-bond acceptors (Lipinski definition) is 7. The number of carbonyl (C=O) groups is 2. The van der Waals surface area contributed by atoms with Crippen LogP contribution in [0.1, 0.15) is 33.5 Å². The highest BCUT2D eigenvalue weighted by Crippen LogP contribution is 2.47. The maximum absolute atomic E-state index is 12.7. The first-order valence-electron chi connectivity index (χ1n) is 8.36. The standard InChI is InChI=1S/C20H20O8/c1-24-10-5-6-11(14(7-10)25-2)18-17(19(21)22)12-8-15(26-3)16(27-4)9-13(12)20(23)28-18/h5-9,17-18H,1-4H3,(H,21,22)/t17-,18+/m0/s1. The van der Waals surface area contributed by atoms with Crippen LogP contribution < -0.4 is 18.9 Å². The number of methoxy groups -OCH3 is 4. The fourth-order valence-electron chi connectivity index (χ4n) is 3.30. The Kier molecular flexibility index (Phi) is 5.30. The van der Waals surface area contributed by atoms with Gasteiger partial charge >= 0.3 is 11.9 Å². The molecule has 2 aromatic rings. The lowest BCUT2D eigenvalue weighted by molar-refractivity contribution is -0.142. The molecule has 28 heavy (non-hydrogen) atoms. The lowest BCUT2D eigenvalue weighted by Crippen LogP contribution is -2.31. The predicted molar refractivity (Wildman–Crippen MR) is 97.6 cm³/mol. The summed E-state index contributed by atoms with van der Waals surface area (Å²) in [5.74, 6) is -1.45. The summed E-state index contributed by atoms with van der Waals surface area (Å²) in [6, 6.07) is 7.79. The number of ether oxygens (including phenoxy) is 5. The van der Waals surface area contributed by atoms with Gasteiger partial charge in [-0.2, -0.15) is 0 Å². The van der Waals surface area contributed by atoms with E-state index in [9.17, 15) is 14.7 Å². The molecule has 0 unspecified atom stereocenters. The van der Waals surface area contributed by atoms with Crippen molar-refractivity contribution >= 4 is 11.9 Å². The smallest absolute Gasteiger partial charge is 0.339 e. The maximum atomic E-state index is 12.7. The topological polar surface area (TPSA) is 101 Å². The molecule has 148 valence electrons. The minimum atomic E-state index is -1.16. The molecular weight excluding hydrogens is 368 g/mol. The zero-order valence-electron chi connectivity index (χ0n) is 15.8. The second-order valence-electron chi connectivity index (χ2n) is 6.04. The van der Waals surface area contributed by atoms with Crippen LogP contribution in [-0.4, -0.2) is 45.5 Å². The molecule has 1 heterocycles. The molecule has 8 nitrogen and oxygen atoms in total. The molecule has 0 saturated carbocycles. The zero-order valence-corrected chi connectivity index (χ0v) is 15.8. The second-order valence-corrected chi connectivity index (χ2v) is 6.04. The Morgan fingerprint density at radius 2 is 1.54 bits per heavy atom. The molecule has 0 radical (unpaired) electrons. The molecule has 1 aliphatic heterocycles. The van der Waals surface area contributed by atoms with E-state index in [-0.39, 0.29) is 11.1 Å². The molecule has 0 spiro atoms. The van der Waals surface area contributed by atoms with E-state index in [0.29, 0.717) is 28.6 Å². The van der Waals surface area contributed by atoms with Crippen LogP contribution in [0.5, 0.6) is 23.0 Å². The van der Waals surface area contributed by atoms with Crippen molar-refractivity contribution in [3.63, 3.8) is 0 Å². The van der Waals surface area contributed by atoms with Gasteiger partial charge in [-0.25, -0.2) is 4.79 Å². The normalized spacial score (nSPS) is 17.9. The SMILES string of the molecule is COc1ccc([C@H]2OC(=O)c3cc(OC)c(OC)cc3[C@@H]2C(=O)O)c(OC)c1. The molecular formula is C20H20O8. The van der Waals surface area contributed by atoms with Gasteiger partial charge in [0.25, 0.3) is 0 Å². The van der Waals surface area contributed by atoms with Crippen molar-refractivity contribution in [3.8, 4) is 23.0 Å². The summed E-state index contributed by atoms with van der Waals surface area (Å²) in [6.45, 7) is 0. The third-order valence-electron chi connectivity index (χ3n) is 4.66. The van der Waals surface area contributed by atoms with Crippen LogP contribution >= 0.6 is 0 Å². The Morgan fingerprint density at radius 1 is 0.893 bits per heavy atom. The van der Waals surface area contributed by atoms with Crippen LogP contribution in [0, 0.1) is 0 Å². The third kappa shape index (κ3) is 3.17. The van der Waals surface area contributed by atoms with Crippen molar-refractivity contribution in [2.24, 2.45) is 0 Å². The summed E-state index contributed by atoms with van der Waals surface area (Å²) < 4.78 is 26.5. The molecule has 0 bridgehead atoms. The van der Waals surface area contributed by atoms with Gasteiger partial charge in [0.05, 0.1) is 34.0 Å². The highest BCUT2D eigenvalue weighted by Gasteiger charge is 2.43. The van der Waals surface area contributed by atoms with E-state index < -0.39 is 24.0 Å². The van der Waals surface area contributed by atoms with Crippen molar-refractivity contribution in [2.75, 3.05) is 28.4 Å². The Labute approximate surface area is 161 Å². The van der Waals surface area contributed by atoms with E-state index in [4.69, 9.17) is 23.7 Å². The number of aliphatic carboxylic acids is 1. The fourth-order valence-corrected chi connectivity index (χ4v) is 3.30. The zero-order chi connectivity index (χ0) is 20.4. The van der Waals surface area contributed by atoms with E-state index in [0.717, 1.165) is 0 Å². The van der Waals surface area contributed by atoms with Crippen LogP contribution in [-0.2, 0) is 9.53 Å². The molecule has 1 N–H and O–H groups in total. The quantitative estimate of drug-likeness (QED) is 0.754. The fraction of sp³-hybridized carbons (Fsp3) is 0.300. The highest BCUT2D eigenvalue weighted by molar-refractivity contribution is 5.97. The summed E-state index contributed by atoms with van der Waals surface area (Å²) >= 11 is 0. The molecule has 0 aliphatic carbocycles. The van der Waals surface area contributed by atoms with Crippen molar-refractivity contribution < 1.29 is 38.4 Å². The van der Waals surface area contributed by atoms with Gasteiger partial charge in [-0.3, -0.25) is 4.79 Å². The van der Waals surface area contributed by atoms with E-state index in [1.165, 1.54) is 40.6 Å². The molecule has 2 atom stereocenters. The van der Waals surface area contributed by atoms with Gasteiger partial charge in [-0.05, 0) is 29.8 Å². The molecule has 2 aromatic carbocycles. The van der Waals surface area contributed by atoms with Gasteiger partial charge in [0.15, 0.2) is 11.5 Å². The predicted octanol–water partition coefficient (Wildman–Crippen LogP) is 2.80. The number of carbonyl (C=O) groups excluding carboxylic acids is 1. The largest absolute Gasteiger partial charge is 0.497 e. The average molecular weight is 388 g/mol. The van der Waals surface area contributed by atoms with Crippen molar-refractivity contribution in [1.29, 1.82) is 0 Å². The number of carboxylic acids is 1. The number of fused-ring (bicyclic) bond motifs is 1. The summed E-state index contributed by atoms with van der Waals surface area (Å²) in [4.78, 5) is 24.8. The minimum absolute atomic E-state index is 0.119. The molecule has 0 amide bonds. The molecule has 0 aromatic heterocycles. The first-order chi connectivity index (χ1) is 13.4. The number of benzene rings is 2. The molecule has 0 fully saturated rings. The van der Waals surface area contributed by atoms with Crippen LogP contribution in [0.3, 0.4) is 0 Å². The summed E-state index contributed by atoms with van der Waals surface area (Å²) in [5, 5.41) is 9.93. The van der Waals surface area contributed by atoms with Gasteiger partial charge in [-0.1, -0.05) is 0 Å². The lowest BCUT2D eigenvalue weighted by atomic mass is 9.83. The van der Waals surface area contributed by atoms with E-state index in [1.807, 2.05) is 0 Å². The first kappa shape index (κ1) is 19.3. The van der Waals surface area contributed by atoms with Gasteiger partial charge < -0.3 is 28.8 Å². The third-order valence-corrected chi connectivity index (χ3v) is 4.66. The highest BCUT2D eigenvalue weighted by atomic mass is 16.6. The Balaban J connectivity index is 2.19. The first-order valence-corrected chi connectivity index (χ1v) is 8.36. The Hall–Kier alpha value is -3.42. The van der Waals surface area contributed by atoms with Gasteiger partial charge in [0.2, 0.25) is 0 Å². The van der Waals surface area contributed by atoms with E-state index >= 15 is 0 Å². The lowest BCUT2D eigenvalue weighted by Gasteiger charge is -2.32. The van der Waals surface area contributed by atoms with Gasteiger partial charge in [-0.15, -0.1) is 0 Å². The van der Waals surface area contributed by atoms with Crippen LogP contribution in [0.2, 0.25) is 0 Å². The molecule has 3 rings (SSSR count). The minimum Gasteiger partial charge on any atom is -0.497 e. The Bertz CT molecular complexity index is 921. The number of esters is 1. The number of hydrogen-bond donors (Lipinski definition) is 1. The molecule has 0 saturated heterocycles. The number of carboxylic acid groups (broad SMARTS) is 1. The van der Waals surface area contributed by atoms with Crippen molar-refractivity contribution in [1.82, 2.24) is 0 Å². The summed E-state index contributed by atoms with van der Waals surface area (Å²) in [6.07, 6.45) is -1.09. The number of rotatable bonds is 6. The number of cyclic esters (lactones) is 1. The van der Waals surface area contributed by atoms with Crippen molar-refractivity contribution in [3.05, 3.63) is 47.0 Å². The van der Waals surface area contributed by atoms with E-state index in [1.54, 1.807) is 18.2 Å². The summed E-state index contributed by atoms with van der Waals surface area (Å²) in [5.41, 5.74) is 0.822. The van der Waals surface area contributed by atoms with E-state index in [2.05, 4.69) is 0 Å². The maximum Gasteiger partial charge on any atom is 0.339 e. The Morgan fingerprint density at radius 3 is 2.11 bits per heavy atom. The molecule has 1 aliphatic rings. The van der Waals surface area contributed by atoms with Gasteiger partial charge in [0, 0.05) is 11.6 Å². The summed E-state index contributed by atoms with van der Waals surface area (Å²) in [7, 11) is 5.81. The monoisotopic (exact) mass is 388 g/mol. The second kappa shape index (κ2) is 7.67. The van der Waals surface area contributed by atoms with Gasteiger partial charge in [0.1, 0.15) is 23.5 Å². The average Bonchev–Trinajstić information content (AvgIpc) is 2.71. The van der Waals surface area contributed by atoms with Crippen molar-refractivity contribution in [2.45, 2.75) is 12.0 Å². The van der Waals surface area contributed by atoms with Crippen LogP contribution in [0.25, 0.3) is 0 Å².